The minimum Gasteiger partial charge on any atom is -0.493 e. The van der Waals surface area contributed by atoms with Gasteiger partial charge in [0.25, 0.3) is 5.56 Å². The van der Waals surface area contributed by atoms with Crippen LogP contribution in [0.1, 0.15) is 49.8 Å². The Hall–Kier alpha value is -2.15. The van der Waals surface area contributed by atoms with Gasteiger partial charge in [0.2, 0.25) is 0 Å². The summed E-state index contributed by atoms with van der Waals surface area (Å²) in [5, 5.41) is 1.25. The number of rotatable bonds is 7. The number of aromatic amines is 1. The van der Waals surface area contributed by atoms with Crippen LogP contribution in [0.2, 0.25) is 0 Å². The maximum atomic E-state index is 12.8. The molecule has 158 valence electrons. The van der Waals surface area contributed by atoms with Crippen molar-refractivity contribution in [2.45, 2.75) is 55.4 Å². The van der Waals surface area contributed by atoms with Crippen molar-refractivity contribution in [2.75, 3.05) is 33.2 Å². The van der Waals surface area contributed by atoms with E-state index in [1.165, 1.54) is 38.5 Å². The van der Waals surface area contributed by atoms with Gasteiger partial charge < -0.3 is 14.4 Å². The zero-order chi connectivity index (χ0) is 20.8. The molecule has 0 atom stereocenters. The van der Waals surface area contributed by atoms with Crippen molar-refractivity contribution in [3.05, 3.63) is 39.8 Å². The lowest BCUT2D eigenvalue weighted by Gasteiger charge is -2.18. The maximum absolute atomic E-state index is 12.8. The topological polar surface area (TPSA) is 67.5 Å². The molecular formula is C22H31N3O3S. The number of methoxy groups -OCH3 is 2. The second-order valence-corrected chi connectivity index (χ2v) is 8.95. The normalized spacial score (nSPS) is 15.0. The molecule has 0 aliphatic heterocycles. The summed E-state index contributed by atoms with van der Waals surface area (Å²) in [6, 6.07) is 5.82. The molecule has 0 bridgehead atoms. The molecule has 1 aliphatic carbocycles. The molecule has 1 fully saturated rings. The summed E-state index contributed by atoms with van der Waals surface area (Å²) in [4.78, 5) is 22.5. The van der Waals surface area contributed by atoms with E-state index in [0.29, 0.717) is 28.9 Å². The first-order valence-electron chi connectivity index (χ1n) is 10.2. The third-order valence-electron chi connectivity index (χ3n) is 5.29. The summed E-state index contributed by atoms with van der Waals surface area (Å²) in [6.07, 6.45) is 8.07. The molecular weight excluding hydrogens is 386 g/mol. The molecule has 0 amide bonds. The number of nitrogens with zero attached hydrogens (tertiary/aromatic N) is 2. The van der Waals surface area contributed by atoms with Gasteiger partial charge in [-0.25, -0.2) is 4.98 Å². The lowest BCUT2D eigenvalue weighted by molar-refractivity contribution is 0.354. The van der Waals surface area contributed by atoms with Crippen LogP contribution in [0.25, 0.3) is 0 Å². The third kappa shape index (κ3) is 5.47. The second-order valence-electron chi connectivity index (χ2n) is 7.66. The van der Waals surface area contributed by atoms with E-state index >= 15 is 0 Å². The van der Waals surface area contributed by atoms with Crippen LogP contribution in [0.5, 0.6) is 11.5 Å². The van der Waals surface area contributed by atoms with Gasteiger partial charge in [0.1, 0.15) is 5.69 Å². The highest BCUT2D eigenvalue weighted by molar-refractivity contribution is 7.99. The number of hydrogen-bond donors (Lipinski definition) is 1. The number of thioether (sulfide) groups is 1. The summed E-state index contributed by atoms with van der Waals surface area (Å²) in [6.45, 7) is 0. The molecule has 1 saturated carbocycles. The SMILES string of the molecule is COc1ccc(Cc2nc(SC3CCCCCC3)[nH]c(=O)c2N(C)C)cc1OC. The fourth-order valence-corrected chi connectivity index (χ4v) is 5.03. The molecule has 6 nitrogen and oxygen atoms in total. The molecule has 2 aromatic rings. The highest BCUT2D eigenvalue weighted by atomic mass is 32.2. The van der Waals surface area contributed by atoms with E-state index in [-0.39, 0.29) is 5.56 Å². The summed E-state index contributed by atoms with van der Waals surface area (Å²) in [7, 11) is 7.00. The largest absolute Gasteiger partial charge is 0.493 e. The monoisotopic (exact) mass is 417 g/mol. The second kappa shape index (κ2) is 10.1. The van der Waals surface area contributed by atoms with Crippen LogP contribution in [-0.2, 0) is 6.42 Å². The maximum Gasteiger partial charge on any atom is 0.275 e. The van der Waals surface area contributed by atoms with Crippen molar-refractivity contribution in [1.82, 2.24) is 9.97 Å². The van der Waals surface area contributed by atoms with Crippen LogP contribution in [-0.4, -0.2) is 43.5 Å². The zero-order valence-corrected chi connectivity index (χ0v) is 18.6. The molecule has 1 aliphatic rings. The number of hydrogen-bond acceptors (Lipinski definition) is 6. The van der Waals surface area contributed by atoms with E-state index in [1.54, 1.807) is 26.0 Å². The molecule has 0 radical (unpaired) electrons. The van der Waals surface area contributed by atoms with Gasteiger partial charge >= 0.3 is 0 Å². The number of anilines is 1. The Kier molecular flexibility index (Phi) is 7.47. The molecule has 0 saturated heterocycles. The molecule has 1 aromatic carbocycles. The van der Waals surface area contributed by atoms with E-state index in [4.69, 9.17) is 14.5 Å². The first kappa shape index (κ1) is 21.6. The van der Waals surface area contributed by atoms with Crippen molar-refractivity contribution in [1.29, 1.82) is 0 Å². The van der Waals surface area contributed by atoms with Crippen LogP contribution in [0.15, 0.2) is 28.2 Å². The molecule has 1 heterocycles. The Labute approximate surface area is 177 Å². The summed E-state index contributed by atoms with van der Waals surface area (Å²) >= 11 is 1.72. The number of ether oxygens (including phenoxy) is 2. The quantitative estimate of drug-likeness (QED) is 0.536. The van der Waals surface area contributed by atoms with Crippen molar-refractivity contribution >= 4 is 17.4 Å². The Balaban J connectivity index is 1.91. The predicted octanol–water partition coefficient (Wildman–Crippen LogP) is 4.26. The van der Waals surface area contributed by atoms with Gasteiger partial charge in [0.15, 0.2) is 16.7 Å². The fourth-order valence-electron chi connectivity index (χ4n) is 3.83. The molecule has 0 spiro atoms. The number of nitrogens with one attached hydrogen (secondary N) is 1. The van der Waals surface area contributed by atoms with Gasteiger partial charge in [0, 0.05) is 25.8 Å². The smallest absolute Gasteiger partial charge is 0.275 e. The van der Waals surface area contributed by atoms with Crippen molar-refractivity contribution in [3.63, 3.8) is 0 Å². The summed E-state index contributed by atoms with van der Waals surface area (Å²) in [5.74, 6) is 1.36. The van der Waals surface area contributed by atoms with Gasteiger partial charge in [-0.15, -0.1) is 0 Å². The van der Waals surface area contributed by atoms with Gasteiger partial charge in [-0.1, -0.05) is 43.5 Å². The number of aromatic nitrogens is 2. The van der Waals surface area contributed by atoms with Crippen LogP contribution < -0.4 is 19.9 Å². The Morgan fingerprint density at radius 1 is 1.10 bits per heavy atom. The lowest BCUT2D eigenvalue weighted by atomic mass is 10.1. The molecule has 7 heteroatoms. The average molecular weight is 418 g/mol. The van der Waals surface area contributed by atoms with E-state index in [9.17, 15) is 4.79 Å². The Morgan fingerprint density at radius 2 is 1.79 bits per heavy atom. The van der Waals surface area contributed by atoms with Crippen LogP contribution in [0.4, 0.5) is 5.69 Å². The predicted molar refractivity (Wildman–Crippen MR) is 119 cm³/mol. The molecule has 3 rings (SSSR count). The third-order valence-corrected chi connectivity index (χ3v) is 6.51. The van der Waals surface area contributed by atoms with Crippen molar-refractivity contribution < 1.29 is 9.47 Å². The van der Waals surface area contributed by atoms with Gasteiger partial charge in [-0.3, -0.25) is 9.78 Å². The number of benzene rings is 1. The van der Waals surface area contributed by atoms with E-state index in [0.717, 1.165) is 16.4 Å². The fraction of sp³-hybridized carbons (Fsp3) is 0.545. The lowest BCUT2D eigenvalue weighted by Crippen LogP contribution is -2.25. The highest BCUT2D eigenvalue weighted by Gasteiger charge is 2.19. The zero-order valence-electron chi connectivity index (χ0n) is 17.8. The Bertz CT molecular complexity index is 874. The van der Waals surface area contributed by atoms with E-state index < -0.39 is 0 Å². The van der Waals surface area contributed by atoms with E-state index in [2.05, 4.69) is 4.98 Å². The van der Waals surface area contributed by atoms with Crippen LogP contribution >= 0.6 is 11.8 Å². The van der Waals surface area contributed by atoms with Gasteiger partial charge in [-0.2, -0.15) is 0 Å². The molecule has 1 N–H and O–H groups in total. The Morgan fingerprint density at radius 3 is 2.41 bits per heavy atom. The standard InChI is InChI=1S/C22H31N3O3S/c1-25(2)20-17(13-15-11-12-18(27-3)19(14-15)28-4)23-22(24-21(20)26)29-16-9-7-5-6-8-10-16/h11-12,14,16H,5-10,13H2,1-4H3,(H,23,24,26). The average Bonchev–Trinajstić information content (AvgIpc) is 2.96. The minimum atomic E-state index is -0.0865. The van der Waals surface area contributed by atoms with E-state index in [1.807, 2.05) is 37.2 Å². The number of H-pyrrole nitrogens is 1. The van der Waals surface area contributed by atoms with Gasteiger partial charge in [0.05, 0.1) is 19.9 Å². The van der Waals surface area contributed by atoms with Crippen LogP contribution in [0.3, 0.4) is 0 Å². The summed E-state index contributed by atoms with van der Waals surface area (Å²) in [5.41, 5.74) is 2.32. The van der Waals surface area contributed by atoms with Crippen LogP contribution in [0, 0.1) is 0 Å². The molecule has 1 aromatic heterocycles. The minimum absolute atomic E-state index is 0.0865. The van der Waals surface area contributed by atoms with Gasteiger partial charge in [-0.05, 0) is 30.5 Å². The molecule has 0 unspecified atom stereocenters. The molecule has 29 heavy (non-hydrogen) atoms. The summed E-state index contributed by atoms with van der Waals surface area (Å²) < 4.78 is 10.8. The first-order chi connectivity index (χ1) is 14.0. The van der Waals surface area contributed by atoms with Crippen molar-refractivity contribution in [3.8, 4) is 11.5 Å². The first-order valence-corrected chi connectivity index (χ1v) is 11.1. The van der Waals surface area contributed by atoms with Crippen molar-refractivity contribution in [2.24, 2.45) is 0 Å². The highest BCUT2D eigenvalue weighted by Crippen LogP contribution is 2.32.